The van der Waals surface area contributed by atoms with Crippen molar-refractivity contribution in [1.29, 1.82) is 0 Å². The number of carbonyl (C=O) groups is 1. The number of amides is 1. The molecule has 1 aromatic heterocycles. The molecule has 0 spiro atoms. The molecule has 1 aliphatic carbocycles. The predicted octanol–water partition coefficient (Wildman–Crippen LogP) is 3.20. The lowest BCUT2D eigenvalue weighted by Crippen LogP contribution is -2.34. The van der Waals surface area contributed by atoms with Gasteiger partial charge in [0.1, 0.15) is 6.54 Å². The van der Waals surface area contributed by atoms with Gasteiger partial charge in [0.15, 0.2) is 5.69 Å². The molecule has 23 heavy (non-hydrogen) atoms. The van der Waals surface area contributed by atoms with E-state index in [1.807, 2.05) is 17.4 Å². The Hall–Kier alpha value is -1.90. The zero-order valence-corrected chi connectivity index (χ0v) is 13.4. The Balaban J connectivity index is 1.90. The molecule has 1 N–H and O–H groups in total. The third kappa shape index (κ3) is 3.72. The number of rotatable bonds is 4. The van der Waals surface area contributed by atoms with E-state index >= 15 is 0 Å². The first-order valence-electron chi connectivity index (χ1n) is 6.91. The van der Waals surface area contributed by atoms with Gasteiger partial charge < -0.3 is 5.32 Å². The topological polar surface area (TPSA) is 59.8 Å². The van der Waals surface area contributed by atoms with Crippen molar-refractivity contribution in [3.05, 3.63) is 40.1 Å². The molecule has 1 amide bonds. The molecule has 0 unspecified atom stereocenters. The lowest BCUT2D eigenvalue weighted by molar-refractivity contribution is -0.123. The average molecular weight is 389 g/mol. The Morgan fingerprint density at radius 3 is 2.52 bits per heavy atom. The van der Waals surface area contributed by atoms with Crippen LogP contribution in [0.2, 0.25) is 0 Å². The molecule has 122 valence electrons. The summed E-state index contributed by atoms with van der Waals surface area (Å²) >= 11 is 3.33. The molecule has 9 heteroatoms. The van der Waals surface area contributed by atoms with Gasteiger partial charge in [-0.25, -0.2) is 4.68 Å². The van der Waals surface area contributed by atoms with Crippen molar-refractivity contribution in [3.63, 3.8) is 0 Å². The summed E-state index contributed by atoms with van der Waals surface area (Å²) in [5.41, 5.74) is 1.23. The maximum Gasteiger partial charge on any atom is 0.405 e. The summed E-state index contributed by atoms with van der Waals surface area (Å²) < 4.78 is 39.2. The van der Waals surface area contributed by atoms with E-state index in [4.69, 9.17) is 0 Å². The monoisotopic (exact) mass is 388 g/mol. The number of nitrogens with one attached hydrogen (secondary N) is 1. The number of hydrogen-bond donors (Lipinski definition) is 1. The first-order valence-corrected chi connectivity index (χ1v) is 7.71. The van der Waals surface area contributed by atoms with Gasteiger partial charge in [0.25, 0.3) is 5.91 Å². The summed E-state index contributed by atoms with van der Waals surface area (Å²) in [6.45, 7) is -1.39. The number of alkyl halides is 3. The van der Waals surface area contributed by atoms with Gasteiger partial charge in [-0.05, 0) is 37.1 Å². The molecule has 3 rings (SSSR count). The van der Waals surface area contributed by atoms with E-state index in [1.54, 1.807) is 12.1 Å². The van der Waals surface area contributed by atoms with Crippen molar-refractivity contribution in [2.24, 2.45) is 0 Å². The molecular weight excluding hydrogens is 377 g/mol. The van der Waals surface area contributed by atoms with Crippen molar-refractivity contribution < 1.29 is 18.0 Å². The number of carbonyl (C=O) groups excluding carboxylic acids is 1. The lowest BCUT2D eigenvalue weighted by Gasteiger charge is -2.09. The summed E-state index contributed by atoms with van der Waals surface area (Å²) in [4.78, 5) is 12.0. The highest BCUT2D eigenvalue weighted by Gasteiger charge is 2.35. The fourth-order valence-corrected chi connectivity index (χ4v) is 2.48. The van der Waals surface area contributed by atoms with Crippen molar-refractivity contribution in [2.75, 3.05) is 6.54 Å². The summed E-state index contributed by atoms with van der Waals surface area (Å²) in [6.07, 6.45) is -2.73. The normalized spacial score (nSPS) is 14.8. The third-order valence-electron chi connectivity index (χ3n) is 3.40. The van der Waals surface area contributed by atoms with E-state index in [1.165, 1.54) is 4.68 Å². The van der Waals surface area contributed by atoms with Crippen LogP contribution in [-0.4, -0.2) is 33.6 Å². The zero-order chi connectivity index (χ0) is 16.6. The minimum Gasteiger partial charge on any atom is -0.341 e. The van der Waals surface area contributed by atoms with Crippen LogP contribution in [0.1, 0.15) is 34.9 Å². The molecule has 0 saturated heterocycles. The van der Waals surface area contributed by atoms with Gasteiger partial charge in [-0.2, -0.15) is 13.2 Å². The molecule has 1 saturated carbocycles. The van der Waals surface area contributed by atoms with E-state index in [0.717, 1.165) is 17.3 Å². The van der Waals surface area contributed by atoms with Crippen molar-refractivity contribution in [3.8, 4) is 5.69 Å². The highest BCUT2D eigenvalue weighted by Crippen LogP contribution is 2.42. The number of aromatic nitrogens is 3. The lowest BCUT2D eigenvalue weighted by atomic mass is 10.2. The molecule has 5 nitrogen and oxygen atoms in total. The predicted molar refractivity (Wildman–Crippen MR) is 79.4 cm³/mol. The fraction of sp³-hybridized carbons (Fsp3) is 0.357. The van der Waals surface area contributed by atoms with Crippen LogP contribution in [-0.2, 0) is 0 Å². The summed E-state index contributed by atoms with van der Waals surface area (Å²) in [6, 6.07) is 7.22. The van der Waals surface area contributed by atoms with E-state index in [9.17, 15) is 18.0 Å². The van der Waals surface area contributed by atoms with Gasteiger partial charge >= 0.3 is 6.18 Å². The van der Waals surface area contributed by atoms with Crippen molar-refractivity contribution >= 4 is 21.8 Å². The van der Waals surface area contributed by atoms with E-state index in [-0.39, 0.29) is 11.6 Å². The quantitative estimate of drug-likeness (QED) is 0.874. The fourth-order valence-electron chi connectivity index (χ4n) is 2.21. The van der Waals surface area contributed by atoms with Gasteiger partial charge in [-0.1, -0.05) is 21.1 Å². The van der Waals surface area contributed by atoms with Gasteiger partial charge in [0.05, 0.1) is 11.4 Å². The van der Waals surface area contributed by atoms with Gasteiger partial charge in [-0.3, -0.25) is 4.79 Å². The zero-order valence-electron chi connectivity index (χ0n) is 11.8. The SMILES string of the molecule is O=C(NCC(F)(F)F)c1nnn(-c2ccc(Br)cc2)c1C1CC1. The standard InChI is InChI=1S/C14H12BrF3N4O/c15-9-3-5-10(6-4-9)22-12(8-1-2-8)11(20-21-22)13(23)19-7-14(16,17)18/h3-6,8H,1-2,7H2,(H,19,23). The first kappa shape index (κ1) is 16.0. The molecule has 1 heterocycles. The maximum atomic E-state index is 12.3. The Morgan fingerprint density at radius 2 is 1.96 bits per heavy atom. The van der Waals surface area contributed by atoms with Crippen LogP contribution in [0.5, 0.6) is 0 Å². The Morgan fingerprint density at radius 1 is 1.30 bits per heavy atom. The Labute approximate surface area is 138 Å². The Bertz CT molecular complexity index is 723. The highest BCUT2D eigenvalue weighted by molar-refractivity contribution is 9.10. The minimum atomic E-state index is -4.46. The highest BCUT2D eigenvalue weighted by atomic mass is 79.9. The van der Waals surface area contributed by atoms with Crippen LogP contribution < -0.4 is 5.32 Å². The first-order chi connectivity index (χ1) is 10.8. The van der Waals surface area contributed by atoms with Gasteiger partial charge in [0.2, 0.25) is 0 Å². The molecule has 1 aliphatic rings. The minimum absolute atomic E-state index is 0.0420. The number of benzene rings is 1. The summed E-state index contributed by atoms with van der Waals surface area (Å²) in [5.74, 6) is -0.757. The maximum absolute atomic E-state index is 12.3. The van der Waals surface area contributed by atoms with E-state index < -0.39 is 18.6 Å². The van der Waals surface area contributed by atoms with E-state index in [0.29, 0.717) is 11.4 Å². The molecule has 1 aromatic carbocycles. The molecule has 0 atom stereocenters. The smallest absolute Gasteiger partial charge is 0.341 e. The second kappa shape index (κ2) is 5.95. The van der Waals surface area contributed by atoms with Crippen LogP contribution in [0.15, 0.2) is 28.7 Å². The van der Waals surface area contributed by atoms with Crippen LogP contribution in [0.3, 0.4) is 0 Å². The largest absolute Gasteiger partial charge is 0.405 e. The number of halogens is 4. The average Bonchev–Trinajstić information content (AvgIpc) is 3.23. The molecule has 0 bridgehead atoms. The summed E-state index contributed by atoms with van der Waals surface area (Å²) in [7, 11) is 0. The van der Waals surface area contributed by atoms with Gasteiger partial charge in [-0.15, -0.1) is 5.10 Å². The second-order valence-electron chi connectivity index (χ2n) is 5.28. The van der Waals surface area contributed by atoms with Crippen LogP contribution in [0.4, 0.5) is 13.2 Å². The van der Waals surface area contributed by atoms with E-state index in [2.05, 4.69) is 26.2 Å². The van der Waals surface area contributed by atoms with Crippen LogP contribution in [0, 0.1) is 0 Å². The molecule has 1 fully saturated rings. The third-order valence-corrected chi connectivity index (χ3v) is 3.93. The number of nitrogens with zero attached hydrogens (tertiary/aromatic N) is 3. The Kier molecular flexibility index (Phi) is 4.13. The van der Waals surface area contributed by atoms with Crippen molar-refractivity contribution in [1.82, 2.24) is 20.3 Å². The second-order valence-corrected chi connectivity index (χ2v) is 6.20. The summed E-state index contributed by atoms with van der Waals surface area (Å²) in [5, 5.41) is 9.60. The van der Waals surface area contributed by atoms with Crippen LogP contribution >= 0.6 is 15.9 Å². The van der Waals surface area contributed by atoms with Crippen LogP contribution in [0.25, 0.3) is 5.69 Å². The molecule has 2 aromatic rings. The number of hydrogen-bond acceptors (Lipinski definition) is 3. The molecule has 0 radical (unpaired) electrons. The van der Waals surface area contributed by atoms with Crippen molar-refractivity contribution in [2.45, 2.75) is 24.9 Å². The molecule has 0 aliphatic heterocycles. The molecular formula is C14H12BrF3N4O. The van der Waals surface area contributed by atoms with Gasteiger partial charge in [0, 0.05) is 10.4 Å².